The number of carbonyl (C=O) groups excluding carboxylic acids is 1. The van der Waals surface area contributed by atoms with Crippen LogP contribution in [0.3, 0.4) is 0 Å². The molecule has 10 heteroatoms. The Bertz CT molecular complexity index is 1120. The standard InChI is InChI=1S/C27H34N2O3.C2HF3O2/c1-31-23-8-6-21(7-9-23)20-28-12-10-27(11-13-28)19-22(24-4-2-3-5-25(24)27)18-26(30)29-14-16-32-17-15-29;3-2(4,5)1(6)7/h2-9,22H,10-20H2,1H3;(H,6,7). The fraction of sp³-hybridized carbons (Fsp3) is 0.517. The number of carboxylic acid groups (broad SMARTS) is 1. The summed E-state index contributed by atoms with van der Waals surface area (Å²) in [7, 11) is 1.71. The summed E-state index contributed by atoms with van der Waals surface area (Å²) in [4.78, 5) is 26.5. The average molecular weight is 549 g/mol. The van der Waals surface area contributed by atoms with Crippen molar-refractivity contribution in [1.29, 1.82) is 0 Å². The smallest absolute Gasteiger partial charge is 0.490 e. The third-order valence-electron chi connectivity index (χ3n) is 8.01. The van der Waals surface area contributed by atoms with Gasteiger partial charge in [-0.3, -0.25) is 9.69 Å². The van der Waals surface area contributed by atoms with Crippen LogP contribution in [0.2, 0.25) is 0 Å². The van der Waals surface area contributed by atoms with Gasteiger partial charge in [-0.2, -0.15) is 13.2 Å². The molecule has 3 aliphatic rings. The molecule has 2 fully saturated rings. The van der Waals surface area contributed by atoms with Gasteiger partial charge in [-0.1, -0.05) is 36.4 Å². The Labute approximate surface area is 226 Å². The van der Waals surface area contributed by atoms with Gasteiger partial charge in [-0.25, -0.2) is 4.79 Å². The molecule has 212 valence electrons. The number of ether oxygens (including phenoxy) is 2. The molecule has 0 aromatic heterocycles. The zero-order chi connectivity index (χ0) is 28.0. The van der Waals surface area contributed by atoms with E-state index >= 15 is 0 Å². The topological polar surface area (TPSA) is 79.3 Å². The molecule has 1 aliphatic carbocycles. The van der Waals surface area contributed by atoms with Crippen molar-refractivity contribution in [2.45, 2.75) is 49.7 Å². The van der Waals surface area contributed by atoms with Gasteiger partial charge in [0, 0.05) is 26.1 Å². The van der Waals surface area contributed by atoms with Gasteiger partial charge in [0.1, 0.15) is 5.75 Å². The maximum absolute atomic E-state index is 13.0. The van der Waals surface area contributed by atoms with Gasteiger partial charge in [0.25, 0.3) is 0 Å². The number of halogens is 3. The minimum Gasteiger partial charge on any atom is -0.497 e. The highest BCUT2D eigenvalue weighted by atomic mass is 19.4. The predicted molar refractivity (Wildman–Crippen MR) is 139 cm³/mol. The number of likely N-dealkylation sites (tertiary alicyclic amines) is 1. The number of rotatable bonds is 5. The van der Waals surface area contributed by atoms with E-state index in [9.17, 15) is 18.0 Å². The van der Waals surface area contributed by atoms with Crippen LogP contribution in [0.4, 0.5) is 13.2 Å². The summed E-state index contributed by atoms with van der Waals surface area (Å²) in [6.07, 6.45) is -1.00. The SMILES string of the molecule is COc1ccc(CN2CCC3(CC2)CC(CC(=O)N2CCOCC2)c2ccccc23)cc1.O=C(O)C(F)(F)F. The number of carboxylic acids is 1. The van der Waals surface area contributed by atoms with Crippen molar-refractivity contribution in [2.75, 3.05) is 46.5 Å². The number of methoxy groups -OCH3 is 1. The monoisotopic (exact) mass is 548 g/mol. The maximum atomic E-state index is 13.0. The second kappa shape index (κ2) is 12.4. The molecule has 1 atom stereocenters. The van der Waals surface area contributed by atoms with Gasteiger partial charge >= 0.3 is 12.1 Å². The van der Waals surface area contributed by atoms with Gasteiger partial charge in [0.05, 0.1) is 20.3 Å². The van der Waals surface area contributed by atoms with Crippen molar-refractivity contribution in [1.82, 2.24) is 9.80 Å². The van der Waals surface area contributed by atoms with Crippen LogP contribution in [0.15, 0.2) is 48.5 Å². The lowest BCUT2D eigenvalue weighted by Gasteiger charge is -2.40. The Hall–Kier alpha value is -3.11. The summed E-state index contributed by atoms with van der Waals surface area (Å²) in [5, 5.41) is 7.12. The highest BCUT2D eigenvalue weighted by Gasteiger charge is 2.45. The van der Waals surface area contributed by atoms with Gasteiger partial charge in [0.15, 0.2) is 0 Å². The van der Waals surface area contributed by atoms with Crippen LogP contribution in [0.1, 0.15) is 48.3 Å². The lowest BCUT2D eigenvalue weighted by atomic mass is 9.73. The van der Waals surface area contributed by atoms with Crippen molar-refractivity contribution in [3.63, 3.8) is 0 Å². The number of hydrogen-bond acceptors (Lipinski definition) is 5. The average Bonchev–Trinajstić information content (AvgIpc) is 3.23. The second-order valence-corrected chi connectivity index (χ2v) is 10.4. The number of alkyl halides is 3. The Morgan fingerprint density at radius 1 is 1.03 bits per heavy atom. The highest BCUT2D eigenvalue weighted by Crippen LogP contribution is 2.52. The summed E-state index contributed by atoms with van der Waals surface area (Å²) in [5.74, 6) is -1.21. The molecule has 1 amide bonds. The fourth-order valence-corrected chi connectivity index (χ4v) is 5.96. The number of aliphatic carboxylic acids is 1. The Balaban J connectivity index is 0.000000448. The molecule has 1 N–H and O–H groups in total. The molecule has 1 unspecified atom stereocenters. The van der Waals surface area contributed by atoms with Crippen LogP contribution in [0, 0.1) is 0 Å². The molecule has 2 aromatic rings. The number of carbonyl (C=O) groups is 2. The number of hydrogen-bond donors (Lipinski definition) is 1. The van der Waals surface area contributed by atoms with E-state index < -0.39 is 12.1 Å². The van der Waals surface area contributed by atoms with Crippen LogP contribution in [0.5, 0.6) is 5.75 Å². The third-order valence-corrected chi connectivity index (χ3v) is 8.01. The van der Waals surface area contributed by atoms with Gasteiger partial charge in [-0.15, -0.1) is 0 Å². The van der Waals surface area contributed by atoms with Crippen molar-refractivity contribution in [3.8, 4) is 5.75 Å². The zero-order valence-corrected chi connectivity index (χ0v) is 22.1. The van der Waals surface area contributed by atoms with Gasteiger partial charge in [0.2, 0.25) is 5.91 Å². The molecular weight excluding hydrogens is 513 g/mol. The van der Waals surface area contributed by atoms with Crippen LogP contribution in [-0.4, -0.2) is 79.5 Å². The predicted octanol–water partition coefficient (Wildman–Crippen LogP) is 4.60. The molecule has 2 aliphatic heterocycles. The first-order valence-corrected chi connectivity index (χ1v) is 13.2. The van der Waals surface area contributed by atoms with E-state index in [1.54, 1.807) is 7.11 Å². The Morgan fingerprint density at radius 3 is 2.23 bits per heavy atom. The fourth-order valence-electron chi connectivity index (χ4n) is 5.96. The molecule has 0 radical (unpaired) electrons. The number of benzene rings is 2. The second-order valence-electron chi connectivity index (χ2n) is 10.4. The highest BCUT2D eigenvalue weighted by molar-refractivity contribution is 5.77. The Morgan fingerprint density at radius 2 is 1.64 bits per heavy atom. The minimum atomic E-state index is -5.08. The first kappa shape index (κ1) is 28.9. The van der Waals surface area contributed by atoms with E-state index in [1.165, 1.54) is 29.5 Å². The number of morpholine rings is 1. The van der Waals surface area contributed by atoms with Crippen LogP contribution in [-0.2, 0) is 26.3 Å². The first-order chi connectivity index (χ1) is 18.6. The normalized spacial score (nSPS) is 20.6. The largest absolute Gasteiger partial charge is 0.497 e. The number of fused-ring (bicyclic) bond motifs is 2. The number of piperidine rings is 1. The molecule has 2 aromatic carbocycles. The first-order valence-electron chi connectivity index (χ1n) is 13.2. The maximum Gasteiger partial charge on any atom is 0.490 e. The van der Waals surface area contributed by atoms with E-state index in [4.69, 9.17) is 19.4 Å². The molecular formula is C29H35F3N2O5. The van der Waals surface area contributed by atoms with Crippen LogP contribution in [0.25, 0.3) is 0 Å². The number of amides is 1. The summed E-state index contributed by atoms with van der Waals surface area (Å²) in [6.45, 7) is 5.99. The van der Waals surface area contributed by atoms with E-state index in [-0.39, 0.29) is 5.41 Å². The van der Waals surface area contributed by atoms with Crippen molar-refractivity contribution in [2.24, 2.45) is 0 Å². The van der Waals surface area contributed by atoms with Crippen LogP contribution < -0.4 is 4.74 Å². The summed E-state index contributed by atoms with van der Waals surface area (Å²) in [5.41, 5.74) is 4.48. The molecule has 7 nitrogen and oxygen atoms in total. The van der Waals surface area contributed by atoms with Crippen molar-refractivity contribution >= 4 is 11.9 Å². The van der Waals surface area contributed by atoms with Crippen molar-refractivity contribution in [3.05, 3.63) is 65.2 Å². The summed E-state index contributed by atoms with van der Waals surface area (Å²) in [6, 6.07) is 17.3. The summed E-state index contributed by atoms with van der Waals surface area (Å²) < 4.78 is 42.4. The van der Waals surface area contributed by atoms with Crippen LogP contribution >= 0.6 is 0 Å². The van der Waals surface area contributed by atoms with E-state index in [1.807, 2.05) is 17.0 Å². The zero-order valence-electron chi connectivity index (χ0n) is 22.1. The molecule has 0 saturated carbocycles. The molecule has 2 saturated heterocycles. The summed E-state index contributed by atoms with van der Waals surface area (Å²) >= 11 is 0. The molecule has 5 rings (SSSR count). The lowest BCUT2D eigenvalue weighted by Crippen LogP contribution is -2.42. The molecule has 1 spiro atoms. The van der Waals surface area contributed by atoms with E-state index in [0.717, 1.165) is 44.9 Å². The van der Waals surface area contributed by atoms with Gasteiger partial charge < -0.3 is 19.5 Å². The molecule has 0 bridgehead atoms. The molecule has 39 heavy (non-hydrogen) atoms. The third kappa shape index (κ3) is 7.10. The lowest BCUT2D eigenvalue weighted by molar-refractivity contribution is -0.192. The van der Waals surface area contributed by atoms with Crippen molar-refractivity contribution < 1.29 is 37.3 Å². The van der Waals surface area contributed by atoms with Gasteiger partial charge in [-0.05, 0) is 72.5 Å². The quantitative estimate of drug-likeness (QED) is 0.589. The number of nitrogens with zero attached hydrogens (tertiary/aromatic N) is 2. The van der Waals surface area contributed by atoms with E-state index in [2.05, 4.69) is 41.3 Å². The van der Waals surface area contributed by atoms with E-state index in [0.29, 0.717) is 31.5 Å². The Kier molecular flexibility index (Phi) is 9.17. The molecule has 2 heterocycles. The minimum absolute atomic E-state index is 0.225.